The molecule has 0 saturated heterocycles. The van der Waals surface area contributed by atoms with Crippen LogP contribution in [-0.4, -0.2) is 60.2 Å². The van der Waals surface area contributed by atoms with Gasteiger partial charge < -0.3 is 31.8 Å². The topological polar surface area (TPSA) is 173 Å². The number of nitrogen functional groups attached to an aromatic ring is 1. The molecule has 0 spiro atoms. The van der Waals surface area contributed by atoms with Crippen molar-refractivity contribution < 1.29 is 152 Å². The third-order valence-electron chi connectivity index (χ3n) is 7.35. The van der Waals surface area contributed by atoms with Crippen molar-refractivity contribution in [1.29, 1.82) is 0 Å². The van der Waals surface area contributed by atoms with Crippen molar-refractivity contribution in [1.82, 2.24) is 19.9 Å². The third-order valence-corrected chi connectivity index (χ3v) is 12.5. The Morgan fingerprint density at radius 1 is 0.762 bits per heavy atom. The summed E-state index contributed by atoms with van der Waals surface area (Å²) in [6, 6.07) is 16.5. The number of anilines is 3. The summed E-state index contributed by atoms with van der Waals surface area (Å²) in [4.78, 5) is 26.5. The number of carbonyl (C=O) groups is 1. The van der Waals surface area contributed by atoms with E-state index in [1.165, 1.54) is 36.7 Å². The van der Waals surface area contributed by atoms with Crippen molar-refractivity contribution in [3.63, 3.8) is 0 Å². The maximum Gasteiger partial charge on any atom is 1.00 e. The number of halogens is 10. The fraction of sp³-hybridized carbons (Fsp3) is 0.132. The first-order chi connectivity index (χ1) is 29.0. The molecule has 0 fully saturated rings. The van der Waals surface area contributed by atoms with Crippen molar-refractivity contribution >= 4 is 115 Å². The number of carbonyl (C=O) groups excluding carboxylic acids is 1. The largest absolute Gasteiger partial charge is 1.00 e. The van der Waals surface area contributed by atoms with Gasteiger partial charge in [-0.2, -0.15) is 4.98 Å². The van der Waals surface area contributed by atoms with Crippen LogP contribution in [0.1, 0.15) is 2.80 Å². The molecule has 0 radical (unpaired) electrons. The number of hydrogen-bond donors (Lipinski definition) is 2. The van der Waals surface area contributed by atoms with Gasteiger partial charge in [0.2, 0.25) is 10.6 Å². The molecule has 4 aromatic carbocycles. The standard InChI is InChI=1S/C18H14BrClF2N3OP.C14H14F2NOP.C4HBrCl2N2.CH3F.CH2O3.2K.H/c1-27(2,26)16-7-10(12-5-4-11(21)8-14(12)22)3-6-15(16)24-17-13(19)9-23-18(20)25-17;1-19(2,18)14-7-9(3-6-13(14)17)11-5-4-10(15)8-12(11)16;5-2-1-8-4(7)9-3(2)6;1-2;2-1-4-3;;;/h3-9H,1-2H3,(H,23,24,25);3-8H,17H2,1-2H3;1H;1H3;1,3H;;;/q;;;;;2*+1;-1/p-1/i;;;1D;;;;. The minimum Gasteiger partial charge on any atom is -1.00 e. The second-order valence-electron chi connectivity index (χ2n) is 12.4. The molecule has 11 nitrogen and oxygen atoms in total. The van der Waals surface area contributed by atoms with Gasteiger partial charge in [-0.3, -0.25) is 9.18 Å². The summed E-state index contributed by atoms with van der Waals surface area (Å²) < 4.78 is 95.6. The molecule has 6 aromatic rings. The van der Waals surface area contributed by atoms with Crippen LogP contribution in [0.15, 0.2) is 94.1 Å². The van der Waals surface area contributed by atoms with Gasteiger partial charge >= 0.3 is 103 Å². The summed E-state index contributed by atoms with van der Waals surface area (Å²) in [7, 11) is -6.29. The Bertz CT molecular complexity index is 2610. The average molecular weight is 1160 g/mol. The van der Waals surface area contributed by atoms with Crippen LogP contribution in [0.4, 0.5) is 39.1 Å². The number of hydrogen-bond acceptors (Lipinski definition) is 11. The Hall–Kier alpha value is -0.717. The molecule has 6 rings (SSSR count). The predicted octanol–water partition coefficient (Wildman–Crippen LogP) is 4.98. The minimum absolute atomic E-state index is 0. The van der Waals surface area contributed by atoms with E-state index in [1.807, 2.05) is 0 Å². The summed E-state index contributed by atoms with van der Waals surface area (Å²) in [5.41, 5.74) is 8.27. The summed E-state index contributed by atoms with van der Waals surface area (Å²) in [6.45, 7) is 6.24. The number of nitrogens with zero attached hydrogens (tertiary/aromatic N) is 4. The van der Waals surface area contributed by atoms with E-state index < -0.39 is 44.7 Å². The van der Waals surface area contributed by atoms with Crippen LogP contribution >= 0.6 is 80.9 Å². The molecule has 0 aliphatic carbocycles. The van der Waals surface area contributed by atoms with Gasteiger partial charge in [-0.05, 0) is 141 Å². The second kappa shape index (κ2) is 29.9. The van der Waals surface area contributed by atoms with Crippen LogP contribution in [-0.2, 0) is 18.8 Å². The summed E-state index contributed by atoms with van der Waals surface area (Å²) in [5.74, 6) is -2.22. The summed E-state index contributed by atoms with van der Waals surface area (Å²) in [6.07, 6.45) is 2.99. The van der Waals surface area contributed by atoms with Crippen LogP contribution < -0.4 is 130 Å². The van der Waals surface area contributed by atoms with Crippen LogP contribution in [0.2, 0.25) is 15.7 Å². The molecule has 25 heteroatoms. The van der Waals surface area contributed by atoms with Crippen LogP contribution in [0.3, 0.4) is 0 Å². The number of nitrogens with one attached hydrogen (secondary N) is 1. The van der Waals surface area contributed by atoms with Crippen LogP contribution in [0.5, 0.6) is 0 Å². The van der Waals surface area contributed by atoms with Crippen molar-refractivity contribution in [3.05, 3.63) is 133 Å². The molecule has 0 bridgehead atoms. The van der Waals surface area contributed by atoms with E-state index in [2.05, 4.69) is 62.0 Å². The molecular weight excluding hydrogens is 1120 g/mol. The second-order valence-corrected chi connectivity index (χ2v) is 21.5. The molecule has 0 aliphatic heterocycles. The first-order valence-corrected chi connectivity index (χ1v) is 24.3. The van der Waals surface area contributed by atoms with Gasteiger partial charge in [0.15, 0.2) is 0 Å². The van der Waals surface area contributed by atoms with Crippen molar-refractivity contribution in [2.45, 2.75) is 0 Å². The number of alkyl halides is 1. The van der Waals surface area contributed by atoms with E-state index in [9.17, 15) is 31.1 Å². The fourth-order valence-electron chi connectivity index (χ4n) is 4.76. The number of nitrogens with two attached hydrogens (primary N) is 1. The van der Waals surface area contributed by atoms with Crippen LogP contribution in [0.25, 0.3) is 22.3 Å². The van der Waals surface area contributed by atoms with Gasteiger partial charge in [0.05, 0.1) is 23.2 Å². The van der Waals surface area contributed by atoms with Crippen LogP contribution in [0, 0.1) is 23.3 Å². The zero-order valence-corrected chi connectivity index (χ0v) is 47.4. The molecule has 2 aromatic heterocycles. The van der Waals surface area contributed by atoms with E-state index in [4.69, 9.17) is 52.0 Å². The van der Waals surface area contributed by atoms with E-state index in [0.717, 1.165) is 12.1 Å². The average Bonchev–Trinajstić information content (AvgIpc) is 3.18. The molecule has 0 aliphatic rings. The van der Waals surface area contributed by atoms with Crippen molar-refractivity contribution in [2.75, 3.05) is 44.9 Å². The summed E-state index contributed by atoms with van der Waals surface area (Å²) >= 11 is 23.2. The van der Waals surface area contributed by atoms with E-state index >= 15 is 0 Å². The Kier molecular flexibility index (Phi) is 28.6. The molecule has 0 amide bonds. The quantitative estimate of drug-likeness (QED) is 0.0254. The predicted molar refractivity (Wildman–Crippen MR) is 239 cm³/mol. The van der Waals surface area contributed by atoms with Gasteiger partial charge in [-0.15, -0.1) is 0 Å². The molecule has 0 saturated carbocycles. The molecule has 0 unspecified atom stereocenters. The van der Waals surface area contributed by atoms with Gasteiger partial charge in [0.25, 0.3) is 6.47 Å². The Morgan fingerprint density at radius 3 is 1.60 bits per heavy atom. The molecule has 328 valence electrons. The molecule has 3 N–H and O–H groups in total. The summed E-state index contributed by atoms with van der Waals surface area (Å²) in [5, 5.41) is 13.1. The van der Waals surface area contributed by atoms with Gasteiger partial charge in [0, 0.05) is 51.9 Å². The normalized spacial score (nSPS) is 10.4. The monoisotopic (exact) mass is 1150 g/mol. The van der Waals surface area contributed by atoms with Gasteiger partial charge in [-0.1, -0.05) is 23.7 Å². The number of benzene rings is 4. The maximum absolute atomic E-state index is 14.1. The fourth-order valence-corrected chi connectivity index (χ4v) is 7.99. The SMILES string of the molecule is CP(C)(=O)c1cc(-c2ccc(F)cc2F)ccc1N.CP(C)(=O)c1cc(-c2ccc(F)cc2F)ccc1Nc1nc(Cl)ncc1Br.Clc1ncc(Br)c(Cl)n1.O=CO[O-].[2H]CF.[H-].[K+].[K+]. The zero-order chi connectivity index (χ0) is 46.9. The maximum atomic E-state index is 14.1. The molecule has 2 heterocycles. The van der Waals surface area contributed by atoms with Gasteiger partial charge in [0.1, 0.15) is 48.5 Å². The smallest absolute Gasteiger partial charge is 1.00 e. The Balaban J connectivity index is 0. The van der Waals surface area contributed by atoms with Crippen molar-refractivity contribution in [2.24, 2.45) is 0 Å². The zero-order valence-electron chi connectivity index (χ0n) is 35.9. The first kappa shape index (κ1) is 60.3. The minimum atomic E-state index is -2.74. The van der Waals surface area contributed by atoms with E-state index in [0.29, 0.717) is 53.0 Å². The first-order valence-electron chi connectivity index (χ1n) is 17.1. The number of aromatic nitrogens is 4. The Morgan fingerprint density at radius 2 is 1.19 bits per heavy atom. The van der Waals surface area contributed by atoms with Crippen molar-refractivity contribution in [3.8, 4) is 22.3 Å². The molecule has 0 atom stereocenters. The van der Waals surface area contributed by atoms with E-state index in [1.54, 1.807) is 63.1 Å². The molecule has 63 heavy (non-hydrogen) atoms. The molecular formula is C38H34Br2Cl3F5K2N6O5P2. The Labute approximate surface area is 479 Å². The van der Waals surface area contributed by atoms with Gasteiger partial charge in [-0.25, -0.2) is 32.5 Å². The van der Waals surface area contributed by atoms with E-state index in [-0.39, 0.29) is 132 Å². The number of rotatable bonds is 7. The third kappa shape index (κ3) is 20.6.